The molecule has 0 aromatic heterocycles. The number of phenolic OH excluding ortho intramolecular Hbond substituents is 11. The topological polar surface area (TPSA) is 379 Å². The van der Waals surface area contributed by atoms with E-state index in [1.54, 1.807) is 0 Å². The average Bonchev–Trinajstić information content (AvgIpc) is 3.32. The van der Waals surface area contributed by atoms with E-state index in [4.69, 9.17) is 28.4 Å². The number of fused-ring (bicyclic) bond motifs is 9. The molecule has 0 unspecified atom stereocenters. The van der Waals surface area contributed by atoms with Crippen molar-refractivity contribution >= 4 is 0 Å². The van der Waals surface area contributed by atoms with Crippen LogP contribution in [0.15, 0.2) is 78.9 Å². The van der Waals surface area contributed by atoms with Crippen molar-refractivity contribution < 1.29 is 110 Å². The predicted molar refractivity (Wildman–Crippen MR) is 239 cm³/mol. The van der Waals surface area contributed by atoms with E-state index in [2.05, 4.69) is 0 Å². The van der Waals surface area contributed by atoms with E-state index in [-0.39, 0.29) is 73.9 Å². The molecular weight excluding hydrogens is 953 g/mol. The third-order valence-electron chi connectivity index (χ3n) is 13.9. The fourth-order valence-corrected chi connectivity index (χ4v) is 10.5. The summed E-state index contributed by atoms with van der Waals surface area (Å²) in [6, 6.07) is 14.5. The lowest BCUT2D eigenvalue weighted by Gasteiger charge is -2.53. The molecule has 0 saturated carbocycles. The number of rotatable bonds is 6. The number of hydrogen-bond acceptors (Lipinski definition) is 22. The Morgan fingerprint density at radius 1 is 0.458 bits per heavy atom. The maximum atomic E-state index is 12.8. The molecule has 0 aliphatic carbocycles. The van der Waals surface area contributed by atoms with Gasteiger partial charge in [0.25, 0.3) is 0 Å². The van der Waals surface area contributed by atoms with E-state index < -0.39 is 143 Å². The second kappa shape index (κ2) is 16.6. The van der Waals surface area contributed by atoms with Crippen molar-refractivity contribution in [1.82, 2.24) is 0 Å². The van der Waals surface area contributed by atoms with Gasteiger partial charge in [-0.3, -0.25) is 0 Å². The largest absolute Gasteiger partial charge is 0.508 e. The molecule has 376 valence electrons. The van der Waals surface area contributed by atoms with Gasteiger partial charge in [0.1, 0.15) is 82.3 Å². The van der Waals surface area contributed by atoms with Crippen LogP contribution >= 0.6 is 0 Å². The molecule has 5 aliphatic heterocycles. The van der Waals surface area contributed by atoms with E-state index in [0.29, 0.717) is 0 Å². The van der Waals surface area contributed by atoms with Crippen LogP contribution in [-0.2, 0) is 21.7 Å². The smallest absolute Gasteiger partial charge is 0.305 e. The first kappa shape index (κ1) is 46.4. The molecule has 0 amide bonds. The number of benzene rings is 6. The van der Waals surface area contributed by atoms with Gasteiger partial charge >= 0.3 is 5.79 Å². The summed E-state index contributed by atoms with van der Waals surface area (Å²) >= 11 is 0. The van der Waals surface area contributed by atoms with Gasteiger partial charge in [-0.25, -0.2) is 0 Å². The number of ether oxygens (including phenoxy) is 6. The molecule has 22 nitrogen and oxygen atoms in total. The Balaban J connectivity index is 1.20. The van der Waals surface area contributed by atoms with Gasteiger partial charge in [-0.2, -0.15) is 0 Å². The normalized spacial score (nSPS) is 28.9. The van der Waals surface area contributed by atoms with Crippen molar-refractivity contribution in [2.45, 2.75) is 79.2 Å². The summed E-state index contributed by atoms with van der Waals surface area (Å²) in [4.78, 5) is 0. The summed E-state index contributed by atoms with van der Waals surface area (Å²) < 4.78 is 38.7. The minimum absolute atomic E-state index is 0.0173. The molecule has 72 heavy (non-hydrogen) atoms. The van der Waals surface area contributed by atoms with E-state index in [1.165, 1.54) is 18.2 Å². The Morgan fingerprint density at radius 3 is 1.68 bits per heavy atom. The summed E-state index contributed by atoms with van der Waals surface area (Å²) in [7, 11) is 0. The molecule has 1 fully saturated rings. The molecule has 22 heteroatoms. The van der Waals surface area contributed by atoms with Gasteiger partial charge in [-0.1, -0.05) is 12.1 Å². The van der Waals surface area contributed by atoms with Crippen LogP contribution in [0.5, 0.6) is 86.2 Å². The maximum absolute atomic E-state index is 12.8. The van der Waals surface area contributed by atoms with Gasteiger partial charge in [-0.05, 0) is 53.6 Å². The first-order chi connectivity index (χ1) is 34.3. The molecule has 12 atom stereocenters. The quantitative estimate of drug-likeness (QED) is 0.107. The standard InChI is InChI=1S/C50H44O22/c51-19-10-28(59)35-33(11-19)71-50(18-3-6-23(54)27(58)9-18)48(70-49-43(66)41(64)32(63)15-67-49)40(35)38-34(72-50)14-30(61)37-39(42(65)45(69-47(37)38)17-2-5-22(53)26(57)8-17)36-29(60)13-24(55)20-12-31(62)44(68-46(20)36)16-1-4-21(52)25(56)7-16/h1-11,13-14,31-32,39-45,48-49,51-66H,12,15H2/t31-,32-,39+,40-,41+,42-,43-,44-,45-,48-,49+,50-/m1/s1. The Kier molecular flexibility index (Phi) is 10.7. The Hall–Kier alpha value is -7.96. The highest BCUT2D eigenvalue weighted by Gasteiger charge is 2.63. The second-order valence-electron chi connectivity index (χ2n) is 18.2. The number of phenols is 11. The van der Waals surface area contributed by atoms with Crippen LogP contribution in [0.3, 0.4) is 0 Å². The zero-order valence-electron chi connectivity index (χ0n) is 36.9. The minimum Gasteiger partial charge on any atom is -0.508 e. The van der Waals surface area contributed by atoms with Gasteiger partial charge in [0, 0.05) is 64.1 Å². The molecule has 0 radical (unpaired) electrons. The third kappa shape index (κ3) is 6.98. The van der Waals surface area contributed by atoms with Crippen LogP contribution in [0.2, 0.25) is 0 Å². The highest BCUT2D eigenvalue weighted by atomic mass is 16.8. The lowest BCUT2D eigenvalue weighted by Crippen LogP contribution is -2.62. The first-order valence-electron chi connectivity index (χ1n) is 22.2. The second-order valence-corrected chi connectivity index (χ2v) is 18.2. The summed E-state index contributed by atoms with van der Waals surface area (Å²) in [5.41, 5.74) is -1.05. The van der Waals surface area contributed by atoms with Crippen molar-refractivity contribution in [2.75, 3.05) is 6.61 Å². The van der Waals surface area contributed by atoms with Gasteiger partial charge in [0.2, 0.25) is 0 Å². The zero-order chi connectivity index (χ0) is 51.0. The zero-order valence-corrected chi connectivity index (χ0v) is 36.9. The molecule has 1 saturated heterocycles. The number of aromatic hydroxyl groups is 11. The van der Waals surface area contributed by atoms with Crippen molar-refractivity contribution in [2.24, 2.45) is 0 Å². The molecule has 16 N–H and O–H groups in total. The number of aliphatic hydroxyl groups excluding tert-OH is 5. The van der Waals surface area contributed by atoms with E-state index in [9.17, 15) is 81.7 Å². The lowest BCUT2D eigenvalue weighted by atomic mass is 9.71. The molecule has 0 spiro atoms. The molecule has 5 aliphatic rings. The Labute approximate surface area is 404 Å². The molecule has 2 bridgehead atoms. The molecule has 11 rings (SSSR count). The maximum Gasteiger partial charge on any atom is 0.305 e. The van der Waals surface area contributed by atoms with Gasteiger partial charge in [0.15, 0.2) is 53.0 Å². The monoisotopic (exact) mass is 996 g/mol. The molecule has 6 aromatic rings. The van der Waals surface area contributed by atoms with Crippen molar-refractivity contribution in [3.8, 4) is 86.2 Å². The van der Waals surface area contributed by atoms with E-state index in [0.717, 1.165) is 60.7 Å². The average molecular weight is 997 g/mol. The van der Waals surface area contributed by atoms with Crippen molar-refractivity contribution in [1.29, 1.82) is 0 Å². The fourth-order valence-electron chi connectivity index (χ4n) is 10.5. The predicted octanol–water partition coefficient (Wildman–Crippen LogP) is 2.71. The molecular formula is C50H44O22. The minimum atomic E-state index is -2.45. The Bertz CT molecular complexity index is 3200. The van der Waals surface area contributed by atoms with Crippen LogP contribution in [0.25, 0.3) is 0 Å². The third-order valence-corrected chi connectivity index (χ3v) is 13.9. The molecule has 5 heterocycles. The summed E-state index contributed by atoms with van der Waals surface area (Å²) in [6.07, 6.45) is -15.8. The van der Waals surface area contributed by atoms with Crippen molar-refractivity contribution in [3.05, 3.63) is 123 Å². The highest BCUT2D eigenvalue weighted by molar-refractivity contribution is 5.72. The van der Waals surface area contributed by atoms with Crippen molar-refractivity contribution in [3.63, 3.8) is 0 Å². The van der Waals surface area contributed by atoms with Gasteiger partial charge in [-0.15, -0.1) is 0 Å². The molecule has 6 aromatic carbocycles. The number of hydrogen-bond donors (Lipinski definition) is 16. The lowest BCUT2D eigenvalue weighted by molar-refractivity contribution is -0.327. The SMILES string of the molecule is Oc1cc(O)c2c(c1)O[C@]1(c3ccc(O)c(O)c3)Oc3cc(O)c4c(c3[C@@H]2[C@H]1O[C@@H]1OC[C@@H](O)[C@H](O)[C@H]1O)O[C@H](c1ccc(O)c(O)c1)[C@H](O)[C@H]4c1c(O)cc(O)c2c1O[C@H](c1ccc(O)c(O)c1)[C@H](O)C2. The summed E-state index contributed by atoms with van der Waals surface area (Å²) in [5, 5.41) is 178. The van der Waals surface area contributed by atoms with Crippen LogP contribution < -0.4 is 18.9 Å². The summed E-state index contributed by atoms with van der Waals surface area (Å²) in [6.45, 7) is -0.567. The highest BCUT2D eigenvalue weighted by Crippen LogP contribution is 2.66. The van der Waals surface area contributed by atoms with E-state index >= 15 is 0 Å². The fraction of sp³-hybridized carbons (Fsp3) is 0.280. The number of aliphatic hydroxyl groups is 5. The van der Waals surface area contributed by atoms with Gasteiger partial charge in [0.05, 0.1) is 24.5 Å². The van der Waals surface area contributed by atoms with E-state index in [1.807, 2.05) is 0 Å². The van der Waals surface area contributed by atoms with Crippen LogP contribution in [0.1, 0.15) is 68.6 Å². The Morgan fingerprint density at radius 2 is 1.03 bits per heavy atom. The summed E-state index contributed by atoms with van der Waals surface area (Å²) in [5.74, 6) is -13.8. The van der Waals surface area contributed by atoms with Crippen LogP contribution in [0, 0.1) is 0 Å². The van der Waals surface area contributed by atoms with Crippen LogP contribution in [-0.4, -0.2) is 131 Å². The van der Waals surface area contributed by atoms with Crippen LogP contribution in [0.4, 0.5) is 0 Å². The first-order valence-corrected chi connectivity index (χ1v) is 22.2. The van der Waals surface area contributed by atoms with Gasteiger partial charge < -0.3 is 110 Å².